The van der Waals surface area contributed by atoms with Gasteiger partial charge in [-0.05, 0) is 12.1 Å². The van der Waals surface area contributed by atoms with Crippen LogP contribution >= 0.6 is 0 Å². The monoisotopic (exact) mass is 307 g/mol. The Morgan fingerprint density at radius 1 is 0.913 bits per heavy atom. The van der Waals surface area contributed by atoms with Crippen LogP contribution in [0.1, 0.15) is 20.7 Å². The molecular weight excluding hydrogens is 290 g/mol. The molecule has 1 aliphatic carbocycles. The molecule has 0 aliphatic heterocycles. The van der Waals surface area contributed by atoms with E-state index in [1.54, 1.807) is 31.4 Å². The maximum Gasteiger partial charge on any atom is 0.210 e. The largest absolute Gasteiger partial charge is 0.383 e. The minimum atomic E-state index is -0.145. The Labute approximate surface area is 135 Å². The minimum Gasteiger partial charge on any atom is -0.383 e. The fourth-order valence-corrected chi connectivity index (χ4v) is 2.68. The Kier molecular flexibility index (Phi) is 4.35. The first-order valence-corrected chi connectivity index (χ1v) is 7.43. The highest BCUT2D eigenvalue weighted by Crippen LogP contribution is 2.27. The van der Waals surface area contributed by atoms with Crippen LogP contribution in [-0.2, 0) is 4.74 Å². The third-order valence-electron chi connectivity index (χ3n) is 3.82. The van der Waals surface area contributed by atoms with Gasteiger partial charge in [-0.25, -0.2) is 0 Å². The molecule has 0 saturated carbocycles. The molecule has 0 fully saturated rings. The van der Waals surface area contributed by atoms with E-state index in [1.807, 2.05) is 35.2 Å². The molecule has 3 rings (SSSR count). The first kappa shape index (κ1) is 15.2. The molecule has 1 aliphatic rings. The van der Waals surface area contributed by atoms with E-state index < -0.39 is 0 Å². The first-order chi connectivity index (χ1) is 11.2. The lowest BCUT2D eigenvalue weighted by Crippen LogP contribution is -2.34. The van der Waals surface area contributed by atoms with Crippen LogP contribution in [0.25, 0.3) is 0 Å². The van der Waals surface area contributed by atoms with E-state index >= 15 is 0 Å². The molecule has 0 amide bonds. The lowest BCUT2D eigenvalue weighted by molar-refractivity contribution is 0.0981. The molecule has 0 N–H and O–H groups in total. The Hall–Kier alpha value is -2.72. The van der Waals surface area contributed by atoms with Gasteiger partial charge in [-0.3, -0.25) is 9.59 Å². The molecule has 0 radical (unpaired) electrons. The molecule has 0 unspecified atom stereocenters. The van der Waals surface area contributed by atoms with E-state index in [9.17, 15) is 9.59 Å². The lowest BCUT2D eigenvalue weighted by atomic mass is 9.92. The van der Waals surface area contributed by atoms with Gasteiger partial charge < -0.3 is 9.64 Å². The maximum absolute atomic E-state index is 12.8. The number of ketones is 2. The van der Waals surface area contributed by atoms with Crippen LogP contribution in [0.3, 0.4) is 0 Å². The first-order valence-electron chi connectivity index (χ1n) is 7.43. The fourth-order valence-electron chi connectivity index (χ4n) is 2.68. The summed E-state index contributed by atoms with van der Waals surface area (Å²) < 4.78 is 5.15. The second-order valence-corrected chi connectivity index (χ2v) is 5.25. The van der Waals surface area contributed by atoms with Gasteiger partial charge in [0.25, 0.3) is 0 Å². The summed E-state index contributed by atoms with van der Waals surface area (Å²) in [6.07, 6.45) is 1.42. The normalized spacial score (nSPS) is 13.5. The molecule has 0 saturated heterocycles. The van der Waals surface area contributed by atoms with Crippen molar-refractivity contribution >= 4 is 17.3 Å². The van der Waals surface area contributed by atoms with Crippen LogP contribution < -0.4 is 4.90 Å². The number of fused-ring (bicyclic) bond motifs is 1. The Morgan fingerprint density at radius 3 is 2.26 bits per heavy atom. The van der Waals surface area contributed by atoms with Crippen LogP contribution in [0.5, 0.6) is 0 Å². The fraction of sp³-hybridized carbons (Fsp3) is 0.158. The molecule has 0 spiro atoms. The van der Waals surface area contributed by atoms with Crippen molar-refractivity contribution in [3.63, 3.8) is 0 Å². The highest BCUT2D eigenvalue weighted by molar-refractivity contribution is 6.25. The summed E-state index contributed by atoms with van der Waals surface area (Å²) in [6.45, 7) is 0.947. The molecule has 2 aromatic carbocycles. The molecule has 0 aromatic heterocycles. The van der Waals surface area contributed by atoms with Gasteiger partial charge in [0.15, 0.2) is 5.78 Å². The average Bonchev–Trinajstić information content (AvgIpc) is 2.60. The standard InChI is InChI=1S/C19H17NO3/c1-23-12-11-20(14-7-3-2-4-8-14)17-13-18(21)15-9-5-6-10-16(15)19(17)22/h2-10,13H,11-12H2,1H3. The van der Waals surface area contributed by atoms with E-state index in [2.05, 4.69) is 0 Å². The number of hydrogen-bond acceptors (Lipinski definition) is 4. The van der Waals surface area contributed by atoms with E-state index in [4.69, 9.17) is 4.74 Å². The zero-order chi connectivity index (χ0) is 16.2. The number of anilines is 1. The highest BCUT2D eigenvalue weighted by atomic mass is 16.5. The summed E-state index contributed by atoms with van der Waals surface area (Å²) in [5.74, 6) is -0.284. The summed E-state index contributed by atoms with van der Waals surface area (Å²) in [4.78, 5) is 27.0. The smallest absolute Gasteiger partial charge is 0.210 e. The van der Waals surface area contributed by atoms with E-state index in [0.717, 1.165) is 5.69 Å². The van der Waals surface area contributed by atoms with Crippen molar-refractivity contribution in [1.29, 1.82) is 0 Å². The zero-order valence-electron chi connectivity index (χ0n) is 12.9. The molecule has 0 heterocycles. The average molecular weight is 307 g/mol. The van der Waals surface area contributed by atoms with Gasteiger partial charge in [0.2, 0.25) is 5.78 Å². The molecular formula is C19H17NO3. The quantitative estimate of drug-likeness (QED) is 0.851. The zero-order valence-corrected chi connectivity index (χ0v) is 12.9. The van der Waals surface area contributed by atoms with Crippen LogP contribution in [0.15, 0.2) is 66.4 Å². The van der Waals surface area contributed by atoms with Gasteiger partial charge in [-0.15, -0.1) is 0 Å². The number of carbonyl (C=O) groups excluding carboxylic acids is 2. The predicted molar refractivity (Wildman–Crippen MR) is 88.9 cm³/mol. The number of methoxy groups -OCH3 is 1. The Balaban J connectivity index is 2.03. The number of carbonyl (C=O) groups is 2. The molecule has 116 valence electrons. The number of rotatable bonds is 5. The van der Waals surface area contributed by atoms with Crippen molar-refractivity contribution in [2.45, 2.75) is 0 Å². The predicted octanol–water partition coefficient (Wildman–Crippen LogP) is 3.10. The van der Waals surface area contributed by atoms with Crippen LogP contribution in [0, 0.1) is 0 Å². The third kappa shape index (κ3) is 2.94. The van der Waals surface area contributed by atoms with Crippen molar-refractivity contribution in [2.75, 3.05) is 25.2 Å². The summed E-state index contributed by atoms with van der Waals surface area (Å²) in [5.41, 5.74) is 2.16. The van der Waals surface area contributed by atoms with E-state index in [-0.39, 0.29) is 11.6 Å². The van der Waals surface area contributed by atoms with Gasteiger partial charge in [-0.2, -0.15) is 0 Å². The van der Waals surface area contributed by atoms with Crippen molar-refractivity contribution < 1.29 is 14.3 Å². The Morgan fingerprint density at radius 2 is 1.57 bits per heavy atom. The van der Waals surface area contributed by atoms with Crippen LogP contribution in [0.2, 0.25) is 0 Å². The number of ether oxygens (including phenoxy) is 1. The molecule has 23 heavy (non-hydrogen) atoms. The lowest BCUT2D eigenvalue weighted by Gasteiger charge is -2.28. The molecule has 4 nitrogen and oxygen atoms in total. The number of para-hydroxylation sites is 1. The van der Waals surface area contributed by atoms with Crippen LogP contribution in [0.4, 0.5) is 5.69 Å². The number of nitrogens with zero attached hydrogens (tertiary/aromatic N) is 1. The summed E-state index contributed by atoms with van der Waals surface area (Å²) in [5, 5.41) is 0. The minimum absolute atomic E-state index is 0.139. The Bertz CT molecular complexity index is 765. The summed E-state index contributed by atoms with van der Waals surface area (Å²) in [7, 11) is 1.61. The summed E-state index contributed by atoms with van der Waals surface area (Å²) >= 11 is 0. The molecule has 4 heteroatoms. The number of Topliss-reactive ketones (excluding diaryl/α,β-unsaturated/α-hetero) is 1. The number of hydrogen-bond donors (Lipinski definition) is 0. The molecule has 0 atom stereocenters. The number of benzene rings is 2. The van der Waals surface area contributed by atoms with Gasteiger partial charge in [0, 0.05) is 36.5 Å². The highest BCUT2D eigenvalue weighted by Gasteiger charge is 2.29. The van der Waals surface area contributed by atoms with Gasteiger partial charge in [0.05, 0.1) is 12.3 Å². The van der Waals surface area contributed by atoms with Crippen molar-refractivity contribution in [3.8, 4) is 0 Å². The SMILES string of the molecule is COCCN(C1=CC(=O)c2ccccc2C1=O)c1ccccc1. The summed E-state index contributed by atoms with van der Waals surface area (Å²) in [6, 6.07) is 16.5. The number of allylic oxidation sites excluding steroid dienone is 2. The maximum atomic E-state index is 12.8. The van der Waals surface area contributed by atoms with Gasteiger partial charge >= 0.3 is 0 Å². The van der Waals surface area contributed by atoms with Crippen molar-refractivity contribution in [3.05, 3.63) is 77.5 Å². The second kappa shape index (κ2) is 6.58. The van der Waals surface area contributed by atoms with Crippen LogP contribution in [-0.4, -0.2) is 31.8 Å². The van der Waals surface area contributed by atoms with Gasteiger partial charge in [-0.1, -0.05) is 42.5 Å². The molecule has 0 bridgehead atoms. The topological polar surface area (TPSA) is 46.6 Å². The molecule has 2 aromatic rings. The third-order valence-corrected chi connectivity index (χ3v) is 3.82. The second-order valence-electron chi connectivity index (χ2n) is 5.25. The van der Waals surface area contributed by atoms with Crippen molar-refractivity contribution in [1.82, 2.24) is 0 Å². The van der Waals surface area contributed by atoms with E-state index in [0.29, 0.717) is 30.0 Å². The van der Waals surface area contributed by atoms with Crippen molar-refractivity contribution in [2.24, 2.45) is 0 Å². The van der Waals surface area contributed by atoms with E-state index in [1.165, 1.54) is 6.08 Å². The van der Waals surface area contributed by atoms with Gasteiger partial charge in [0.1, 0.15) is 0 Å².